The molecule has 0 aliphatic rings. The zero-order valence-corrected chi connectivity index (χ0v) is 19.1. The topological polar surface area (TPSA) is 58.1 Å². The number of nitrogens with one attached hydrogen (secondary N) is 2. The number of nitrogens with zero attached hydrogens (tertiary/aromatic N) is 2. The summed E-state index contributed by atoms with van der Waals surface area (Å²) < 4.78 is 10.6. The second kappa shape index (κ2) is 10.9. The Morgan fingerprint density at radius 1 is 1.04 bits per heavy atom. The van der Waals surface area contributed by atoms with Gasteiger partial charge in [-0.3, -0.25) is 4.99 Å². The number of anilines is 2. The smallest absolute Gasteiger partial charge is 0.195 e. The third-order valence-corrected chi connectivity index (χ3v) is 4.04. The molecule has 27 heavy (non-hydrogen) atoms. The van der Waals surface area contributed by atoms with Gasteiger partial charge in [0.25, 0.3) is 0 Å². The summed E-state index contributed by atoms with van der Waals surface area (Å²) in [6, 6.07) is 12.1. The summed E-state index contributed by atoms with van der Waals surface area (Å²) in [7, 11) is 9.09. The minimum Gasteiger partial charge on any atom is -0.493 e. The van der Waals surface area contributed by atoms with Gasteiger partial charge in [-0.1, -0.05) is 12.1 Å². The Hall–Kier alpha value is -2.16. The Morgan fingerprint density at radius 2 is 1.74 bits per heavy atom. The lowest BCUT2D eigenvalue weighted by molar-refractivity contribution is 0.355. The van der Waals surface area contributed by atoms with Crippen LogP contribution in [0.5, 0.6) is 11.5 Å². The van der Waals surface area contributed by atoms with Gasteiger partial charge in [-0.25, -0.2) is 0 Å². The fraction of sp³-hybridized carbons (Fsp3) is 0.350. The Morgan fingerprint density at radius 3 is 2.33 bits per heavy atom. The van der Waals surface area contributed by atoms with Crippen molar-refractivity contribution in [2.75, 3.05) is 45.6 Å². The molecule has 0 heterocycles. The van der Waals surface area contributed by atoms with Crippen LogP contribution in [0.2, 0.25) is 0 Å². The largest absolute Gasteiger partial charge is 0.493 e. The fourth-order valence-electron chi connectivity index (χ4n) is 2.65. The summed E-state index contributed by atoms with van der Waals surface area (Å²) in [4.78, 5) is 6.42. The molecule has 0 saturated heterocycles. The average Bonchev–Trinajstić information content (AvgIpc) is 2.65. The van der Waals surface area contributed by atoms with Crippen LogP contribution in [0.1, 0.15) is 11.1 Å². The fourth-order valence-corrected chi connectivity index (χ4v) is 2.65. The molecule has 0 atom stereocenters. The highest BCUT2D eigenvalue weighted by Crippen LogP contribution is 2.29. The van der Waals surface area contributed by atoms with Crippen molar-refractivity contribution in [3.63, 3.8) is 0 Å². The highest BCUT2D eigenvalue weighted by molar-refractivity contribution is 14.0. The van der Waals surface area contributed by atoms with Crippen LogP contribution in [0.25, 0.3) is 0 Å². The van der Waals surface area contributed by atoms with E-state index in [2.05, 4.69) is 59.7 Å². The second-order valence-electron chi connectivity index (χ2n) is 6.15. The number of rotatable bonds is 6. The molecule has 0 radical (unpaired) electrons. The molecule has 0 aliphatic heterocycles. The third kappa shape index (κ3) is 6.20. The third-order valence-electron chi connectivity index (χ3n) is 4.04. The maximum Gasteiger partial charge on any atom is 0.195 e. The van der Waals surface area contributed by atoms with Crippen LogP contribution < -0.4 is 25.0 Å². The molecule has 7 heteroatoms. The number of benzene rings is 2. The van der Waals surface area contributed by atoms with Gasteiger partial charge in [0.1, 0.15) is 0 Å². The molecule has 2 aromatic rings. The first kappa shape index (κ1) is 22.9. The Bertz CT molecular complexity index is 779. The van der Waals surface area contributed by atoms with Gasteiger partial charge >= 0.3 is 0 Å². The molecular weight excluding hydrogens is 455 g/mol. The minimum atomic E-state index is 0. The number of hydrogen-bond donors (Lipinski definition) is 2. The molecule has 0 bridgehead atoms. The lowest BCUT2D eigenvalue weighted by atomic mass is 10.1. The van der Waals surface area contributed by atoms with Crippen molar-refractivity contribution in [1.82, 2.24) is 5.32 Å². The zero-order valence-electron chi connectivity index (χ0n) is 16.8. The first-order valence-corrected chi connectivity index (χ1v) is 8.45. The van der Waals surface area contributed by atoms with E-state index in [9.17, 15) is 0 Å². The number of aryl methyl sites for hydroxylation is 1. The lowest BCUT2D eigenvalue weighted by Crippen LogP contribution is -2.30. The number of methoxy groups -OCH3 is 2. The number of ether oxygens (including phenoxy) is 2. The summed E-state index contributed by atoms with van der Waals surface area (Å²) in [5, 5.41) is 6.63. The molecule has 0 unspecified atom stereocenters. The molecule has 148 valence electrons. The van der Waals surface area contributed by atoms with Gasteiger partial charge in [0.2, 0.25) is 0 Å². The summed E-state index contributed by atoms with van der Waals surface area (Å²) >= 11 is 0. The molecule has 6 nitrogen and oxygen atoms in total. The molecule has 2 N–H and O–H groups in total. The van der Waals surface area contributed by atoms with Crippen molar-refractivity contribution in [2.45, 2.75) is 13.5 Å². The van der Waals surface area contributed by atoms with Crippen LogP contribution in [0.15, 0.2) is 41.4 Å². The van der Waals surface area contributed by atoms with Crippen LogP contribution in [0.4, 0.5) is 11.4 Å². The van der Waals surface area contributed by atoms with E-state index in [-0.39, 0.29) is 24.0 Å². The monoisotopic (exact) mass is 484 g/mol. The van der Waals surface area contributed by atoms with E-state index in [0.717, 1.165) is 5.69 Å². The quantitative estimate of drug-likeness (QED) is 0.370. The molecule has 2 aromatic carbocycles. The van der Waals surface area contributed by atoms with Crippen molar-refractivity contribution in [3.8, 4) is 11.5 Å². The molecule has 0 amide bonds. The summed E-state index contributed by atoms with van der Waals surface area (Å²) in [5.74, 6) is 2.04. The Kier molecular flexibility index (Phi) is 9.20. The van der Waals surface area contributed by atoms with Crippen LogP contribution in [0, 0.1) is 6.92 Å². The van der Waals surface area contributed by atoms with Gasteiger partial charge in [-0.2, -0.15) is 0 Å². The van der Waals surface area contributed by atoms with Crippen molar-refractivity contribution < 1.29 is 9.47 Å². The molecule has 0 aromatic heterocycles. The van der Waals surface area contributed by atoms with E-state index in [1.807, 2.05) is 18.2 Å². The highest BCUT2D eigenvalue weighted by atomic mass is 127. The van der Waals surface area contributed by atoms with Gasteiger partial charge in [-0.15, -0.1) is 24.0 Å². The molecular formula is C20H29IN4O2. The number of halogens is 1. The number of aliphatic imine (C=N–C) groups is 1. The molecule has 0 spiro atoms. The number of guanidine groups is 1. The maximum atomic E-state index is 5.34. The van der Waals surface area contributed by atoms with Gasteiger partial charge in [0.15, 0.2) is 17.5 Å². The zero-order chi connectivity index (χ0) is 19.1. The molecule has 0 aliphatic carbocycles. The highest BCUT2D eigenvalue weighted by Gasteiger charge is 2.08. The van der Waals surface area contributed by atoms with Crippen molar-refractivity contribution in [2.24, 2.45) is 4.99 Å². The average molecular weight is 484 g/mol. The maximum absolute atomic E-state index is 5.34. The minimum absolute atomic E-state index is 0. The van der Waals surface area contributed by atoms with E-state index in [4.69, 9.17) is 9.47 Å². The van der Waals surface area contributed by atoms with Crippen LogP contribution in [0.3, 0.4) is 0 Å². The number of hydrogen-bond acceptors (Lipinski definition) is 4. The molecule has 0 fully saturated rings. The van der Waals surface area contributed by atoms with Crippen LogP contribution in [-0.4, -0.2) is 41.3 Å². The van der Waals surface area contributed by atoms with Crippen molar-refractivity contribution in [3.05, 3.63) is 47.5 Å². The van der Waals surface area contributed by atoms with Crippen molar-refractivity contribution >= 4 is 41.3 Å². The van der Waals surface area contributed by atoms with Gasteiger partial charge in [0, 0.05) is 45.1 Å². The summed E-state index contributed by atoms with van der Waals surface area (Å²) in [6.45, 7) is 2.77. The Balaban J connectivity index is 0.00000364. The first-order chi connectivity index (χ1) is 12.5. The SMILES string of the molecule is CN=C(NCc1ccc(C)cc1N(C)C)Nc1ccc(OC)c(OC)c1.I. The lowest BCUT2D eigenvalue weighted by Gasteiger charge is -2.20. The summed E-state index contributed by atoms with van der Waals surface area (Å²) in [6.07, 6.45) is 0. The van der Waals surface area contributed by atoms with Gasteiger partial charge in [0.05, 0.1) is 14.2 Å². The Labute approximate surface area is 179 Å². The van der Waals surface area contributed by atoms with Crippen LogP contribution in [-0.2, 0) is 6.54 Å². The van der Waals surface area contributed by atoms with E-state index < -0.39 is 0 Å². The van der Waals surface area contributed by atoms with Crippen LogP contribution >= 0.6 is 24.0 Å². The van der Waals surface area contributed by atoms with Gasteiger partial charge in [-0.05, 0) is 36.2 Å². The first-order valence-electron chi connectivity index (χ1n) is 8.45. The predicted octanol–water partition coefficient (Wildman–Crippen LogP) is 3.88. The normalized spacial score (nSPS) is 10.7. The van der Waals surface area contributed by atoms with E-state index in [1.165, 1.54) is 16.8 Å². The van der Waals surface area contributed by atoms with E-state index in [0.29, 0.717) is 24.0 Å². The predicted molar refractivity (Wildman–Crippen MR) is 124 cm³/mol. The molecule has 0 saturated carbocycles. The second-order valence-corrected chi connectivity index (χ2v) is 6.15. The standard InChI is InChI=1S/C20H28N4O2.HI/c1-14-7-8-15(17(11-14)24(3)4)13-22-20(21-2)23-16-9-10-18(25-5)19(12-16)26-6;/h7-12H,13H2,1-6H3,(H2,21,22,23);1H. The van der Waals surface area contributed by atoms with Crippen molar-refractivity contribution in [1.29, 1.82) is 0 Å². The van der Waals surface area contributed by atoms with E-state index >= 15 is 0 Å². The van der Waals surface area contributed by atoms with Gasteiger partial charge < -0.3 is 25.0 Å². The summed E-state index contributed by atoms with van der Waals surface area (Å²) in [5.41, 5.74) is 4.51. The molecule has 2 rings (SSSR count). The van der Waals surface area contributed by atoms with E-state index in [1.54, 1.807) is 21.3 Å².